The molecular formula is C27H39N3O4S. The van der Waals surface area contributed by atoms with Gasteiger partial charge in [0.25, 0.3) is 0 Å². The number of para-hydroxylation sites is 1. The molecule has 1 spiro atoms. The van der Waals surface area contributed by atoms with Crippen LogP contribution in [0.15, 0.2) is 30.3 Å². The third kappa shape index (κ3) is 4.71. The summed E-state index contributed by atoms with van der Waals surface area (Å²) in [6, 6.07) is 8.04. The molecule has 0 radical (unpaired) electrons. The maximum absolute atomic E-state index is 13.9. The van der Waals surface area contributed by atoms with Gasteiger partial charge in [-0.2, -0.15) is 0 Å². The van der Waals surface area contributed by atoms with Crippen LogP contribution in [0.1, 0.15) is 60.8 Å². The fraction of sp³-hybridized carbons (Fsp3) is 0.667. The van der Waals surface area contributed by atoms with Gasteiger partial charge < -0.3 is 20.6 Å². The number of aliphatic hydroxyl groups is 1. The van der Waals surface area contributed by atoms with Gasteiger partial charge in [0.2, 0.25) is 17.7 Å². The van der Waals surface area contributed by atoms with Gasteiger partial charge in [0.1, 0.15) is 6.04 Å². The third-order valence-electron chi connectivity index (χ3n) is 7.50. The topological polar surface area (TPSA) is 98.7 Å². The highest BCUT2D eigenvalue weighted by molar-refractivity contribution is 8.02. The molecule has 3 N–H and O–H groups in total. The standard InChI is InChI=1S/C27H39N3O4S/c1-16(14-31)30-21(23(33)29-26(5,6)15-25(2,3)4)27-13-12-18(35-27)19(20(27)24(30)34)22(32)28-17-10-8-7-9-11-17/h7-11,16,18-21,31H,12-15H2,1-6H3,(H,28,32)(H,29,33)/t16-,18-,19+,20+,21?,27?/m1/s1. The molecule has 2 unspecified atom stereocenters. The molecule has 192 valence electrons. The van der Waals surface area contributed by atoms with Crippen LogP contribution in [0.3, 0.4) is 0 Å². The van der Waals surface area contributed by atoms with Gasteiger partial charge in [-0.25, -0.2) is 0 Å². The second-order valence-corrected chi connectivity index (χ2v) is 13.9. The number of carbonyl (C=O) groups excluding carboxylic acids is 3. The van der Waals surface area contributed by atoms with E-state index in [0.29, 0.717) is 12.1 Å². The minimum absolute atomic E-state index is 0.00266. The van der Waals surface area contributed by atoms with Crippen LogP contribution in [0.5, 0.6) is 0 Å². The number of amides is 3. The van der Waals surface area contributed by atoms with E-state index >= 15 is 0 Å². The van der Waals surface area contributed by atoms with Gasteiger partial charge in [-0.15, -0.1) is 11.8 Å². The molecule has 3 amide bonds. The number of anilines is 1. The Morgan fingerprint density at radius 1 is 1.17 bits per heavy atom. The molecule has 3 heterocycles. The lowest BCUT2D eigenvalue weighted by atomic mass is 9.70. The highest BCUT2D eigenvalue weighted by Crippen LogP contribution is 2.66. The van der Waals surface area contributed by atoms with Gasteiger partial charge in [0.05, 0.1) is 29.2 Å². The summed E-state index contributed by atoms with van der Waals surface area (Å²) in [5, 5.41) is 16.2. The SMILES string of the molecule is C[C@H](CO)N1C(=O)[C@@H]2[C@@H](C(=O)Nc3ccccc3)[C@H]3CCC2(S3)C1C(=O)NC(C)(C)CC(C)(C)C. The van der Waals surface area contributed by atoms with Gasteiger partial charge in [0, 0.05) is 16.5 Å². The number of nitrogens with zero attached hydrogens (tertiary/aromatic N) is 1. The first-order valence-electron chi connectivity index (χ1n) is 12.6. The molecule has 7 nitrogen and oxygen atoms in total. The van der Waals surface area contributed by atoms with Gasteiger partial charge in [-0.05, 0) is 57.6 Å². The Morgan fingerprint density at radius 3 is 2.43 bits per heavy atom. The molecule has 8 heteroatoms. The average molecular weight is 502 g/mol. The Kier molecular flexibility index (Phi) is 6.77. The molecule has 1 aromatic carbocycles. The first-order chi connectivity index (χ1) is 16.3. The van der Waals surface area contributed by atoms with Crippen LogP contribution in [0.2, 0.25) is 0 Å². The lowest BCUT2D eigenvalue weighted by molar-refractivity contribution is -0.142. The molecule has 2 bridgehead atoms. The highest BCUT2D eigenvalue weighted by Gasteiger charge is 2.74. The smallest absolute Gasteiger partial charge is 0.244 e. The zero-order valence-corrected chi connectivity index (χ0v) is 22.4. The van der Waals surface area contributed by atoms with Crippen molar-refractivity contribution in [1.29, 1.82) is 0 Å². The van der Waals surface area contributed by atoms with Crippen molar-refractivity contribution in [1.82, 2.24) is 10.2 Å². The van der Waals surface area contributed by atoms with Gasteiger partial charge in [-0.3, -0.25) is 14.4 Å². The Bertz CT molecular complexity index is 992. The average Bonchev–Trinajstić information content (AvgIpc) is 3.39. The molecule has 0 saturated carbocycles. The van der Waals surface area contributed by atoms with Crippen molar-refractivity contribution in [2.45, 2.75) is 88.4 Å². The van der Waals surface area contributed by atoms with E-state index < -0.39 is 34.2 Å². The van der Waals surface area contributed by atoms with Crippen LogP contribution < -0.4 is 10.6 Å². The number of thioether (sulfide) groups is 1. The third-order valence-corrected chi connectivity index (χ3v) is 9.46. The second-order valence-electron chi connectivity index (χ2n) is 12.3. The quantitative estimate of drug-likeness (QED) is 0.532. The number of carbonyl (C=O) groups is 3. The van der Waals surface area contributed by atoms with Crippen LogP contribution >= 0.6 is 11.8 Å². The first kappa shape index (κ1) is 26.0. The van der Waals surface area contributed by atoms with Gasteiger partial charge >= 0.3 is 0 Å². The van der Waals surface area contributed by atoms with Crippen LogP contribution in [-0.4, -0.2) is 62.0 Å². The Hall–Kier alpha value is -2.06. The van der Waals surface area contributed by atoms with E-state index in [9.17, 15) is 19.5 Å². The summed E-state index contributed by atoms with van der Waals surface area (Å²) in [6.45, 7) is 12.0. The van der Waals surface area contributed by atoms with Crippen LogP contribution in [-0.2, 0) is 14.4 Å². The van der Waals surface area contributed by atoms with Crippen LogP contribution in [0.4, 0.5) is 5.69 Å². The minimum atomic E-state index is -0.717. The fourth-order valence-corrected chi connectivity index (χ4v) is 8.98. The summed E-state index contributed by atoms with van der Waals surface area (Å²) in [4.78, 5) is 42.8. The van der Waals surface area contributed by atoms with E-state index in [-0.39, 0.29) is 35.0 Å². The summed E-state index contributed by atoms with van der Waals surface area (Å²) < 4.78 is -0.661. The normalized spacial score (nSPS) is 30.8. The molecule has 0 aliphatic carbocycles. The van der Waals surface area contributed by atoms with Crippen molar-refractivity contribution in [2.24, 2.45) is 17.3 Å². The van der Waals surface area contributed by atoms with E-state index in [1.54, 1.807) is 23.6 Å². The van der Waals surface area contributed by atoms with Crippen molar-refractivity contribution >= 4 is 35.2 Å². The van der Waals surface area contributed by atoms with Crippen molar-refractivity contribution < 1.29 is 19.5 Å². The number of benzene rings is 1. The molecule has 3 aliphatic rings. The van der Waals surface area contributed by atoms with Gasteiger partial charge in [-0.1, -0.05) is 39.0 Å². The predicted octanol–water partition coefficient (Wildman–Crippen LogP) is 3.43. The largest absolute Gasteiger partial charge is 0.394 e. The molecule has 3 saturated heterocycles. The van der Waals surface area contributed by atoms with E-state index in [1.807, 2.05) is 44.2 Å². The molecular weight excluding hydrogens is 462 g/mol. The minimum Gasteiger partial charge on any atom is -0.394 e. The number of rotatable bonds is 7. The van der Waals surface area contributed by atoms with E-state index in [2.05, 4.69) is 31.4 Å². The lowest BCUT2D eigenvalue weighted by Crippen LogP contribution is -2.59. The molecule has 1 aromatic rings. The predicted molar refractivity (Wildman–Crippen MR) is 139 cm³/mol. The zero-order chi connectivity index (χ0) is 25.8. The van der Waals surface area contributed by atoms with E-state index in [1.165, 1.54) is 0 Å². The number of likely N-dealkylation sites (tertiary alicyclic amines) is 1. The Labute approximate surface area is 212 Å². The van der Waals surface area contributed by atoms with Crippen molar-refractivity contribution in [3.05, 3.63) is 30.3 Å². The number of aliphatic hydroxyl groups excluding tert-OH is 1. The number of hydrogen-bond donors (Lipinski definition) is 3. The summed E-state index contributed by atoms with van der Waals surface area (Å²) in [5.74, 6) is -1.63. The lowest BCUT2D eigenvalue weighted by Gasteiger charge is -2.40. The summed E-state index contributed by atoms with van der Waals surface area (Å²) in [5.41, 5.74) is 0.248. The fourth-order valence-electron chi connectivity index (χ4n) is 6.77. The van der Waals surface area contributed by atoms with Crippen molar-refractivity contribution in [3.63, 3.8) is 0 Å². The second kappa shape index (κ2) is 9.11. The van der Waals surface area contributed by atoms with Crippen molar-refractivity contribution in [3.8, 4) is 0 Å². The molecule has 4 rings (SSSR count). The van der Waals surface area contributed by atoms with E-state index in [0.717, 1.165) is 12.8 Å². The summed E-state index contributed by atoms with van der Waals surface area (Å²) in [7, 11) is 0. The molecule has 0 aromatic heterocycles. The molecule has 3 aliphatic heterocycles. The van der Waals surface area contributed by atoms with Gasteiger partial charge in [0.15, 0.2) is 0 Å². The molecule has 3 fully saturated rings. The van der Waals surface area contributed by atoms with Crippen LogP contribution in [0.25, 0.3) is 0 Å². The van der Waals surface area contributed by atoms with E-state index in [4.69, 9.17) is 0 Å². The maximum Gasteiger partial charge on any atom is 0.244 e. The Balaban J connectivity index is 1.66. The number of nitrogens with one attached hydrogen (secondary N) is 2. The van der Waals surface area contributed by atoms with Crippen LogP contribution in [0, 0.1) is 17.3 Å². The summed E-state index contributed by atoms with van der Waals surface area (Å²) in [6.07, 6.45) is 2.27. The molecule has 35 heavy (non-hydrogen) atoms. The van der Waals surface area contributed by atoms with Crippen molar-refractivity contribution in [2.75, 3.05) is 11.9 Å². The maximum atomic E-state index is 13.9. The number of fused-ring (bicyclic) bond motifs is 1. The summed E-state index contributed by atoms with van der Waals surface area (Å²) >= 11 is 1.64. The zero-order valence-electron chi connectivity index (χ0n) is 21.6. The first-order valence-corrected chi connectivity index (χ1v) is 13.5. The monoisotopic (exact) mass is 501 g/mol. The molecule has 6 atom stereocenters. The Morgan fingerprint density at radius 2 is 1.83 bits per heavy atom. The number of hydrogen-bond acceptors (Lipinski definition) is 5. The highest BCUT2D eigenvalue weighted by atomic mass is 32.2.